The fraction of sp³-hybridized carbons (Fsp3) is 0.714. The van der Waals surface area contributed by atoms with E-state index in [1.807, 2.05) is 6.07 Å². The third-order valence-corrected chi connectivity index (χ3v) is 3.45. The Bertz CT molecular complexity index is 383. The summed E-state index contributed by atoms with van der Waals surface area (Å²) >= 11 is 0. The SMILES string of the molecule is CCCNc1cc(N2CCCC(COC)C2)ncn1. The van der Waals surface area contributed by atoms with Crippen molar-refractivity contribution < 1.29 is 4.74 Å². The van der Waals surface area contributed by atoms with E-state index in [2.05, 4.69) is 27.1 Å². The Morgan fingerprint density at radius 1 is 1.47 bits per heavy atom. The van der Waals surface area contributed by atoms with Gasteiger partial charge in [-0.2, -0.15) is 0 Å². The van der Waals surface area contributed by atoms with Crippen LogP contribution in [-0.4, -0.2) is 43.3 Å². The number of piperidine rings is 1. The van der Waals surface area contributed by atoms with E-state index in [1.165, 1.54) is 12.8 Å². The molecule has 0 bridgehead atoms. The van der Waals surface area contributed by atoms with Crippen LogP contribution in [0.15, 0.2) is 12.4 Å². The molecule has 106 valence electrons. The van der Waals surface area contributed by atoms with E-state index in [1.54, 1.807) is 13.4 Å². The molecule has 1 aliphatic rings. The normalized spacial score (nSPS) is 19.5. The highest BCUT2D eigenvalue weighted by Crippen LogP contribution is 2.22. The molecule has 1 fully saturated rings. The van der Waals surface area contributed by atoms with Crippen LogP contribution in [0.25, 0.3) is 0 Å². The molecular weight excluding hydrogens is 240 g/mol. The molecule has 0 spiro atoms. The molecule has 2 heterocycles. The zero-order valence-electron chi connectivity index (χ0n) is 11.9. The fourth-order valence-electron chi connectivity index (χ4n) is 2.51. The highest BCUT2D eigenvalue weighted by atomic mass is 16.5. The first kappa shape index (κ1) is 14.1. The fourth-order valence-corrected chi connectivity index (χ4v) is 2.51. The molecule has 2 rings (SSSR count). The third-order valence-electron chi connectivity index (χ3n) is 3.45. The molecule has 0 amide bonds. The van der Waals surface area contributed by atoms with Gasteiger partial charge >= 0.3 is 0 Å². The van der Waals surface area contributed by atoms with Gasteiger partial charge in [-0.05, 0) is 25.2 Å². The lowest BCUT2D eigenvalue weighted by atomic mass is 9.99. The third kappa shape index (κ3) is 4.06. The van der Waals surface area contributed by atoms with Gasteiger partial charge in [-0.1, -0.05) is 6.92 Å². The van der Waals surface area contributed by atoms with E-state index in [0.717, 1.165) is 44.3 Å². The Kier molecular flexibility index (Phi) is 5.39. The first-order valence-electron chi connectivity index (χ1n) is 7.13. The minimum Gasteiger partial charge on any atom is -0.384 e. The summed E-state index contributed by atoms with van der Waals surface area (Å²) in [5.41, 5.74) is 0. The Balaban J connectivity index is 1.99. The van der Waals surface area contributed by atoms with Gasteiger partial charge in [0.25, 0.3) is 0 Å². The van der Waals surface area contributed by atoms with Crippen molar-refractivity contribution in [3.05, 3.63) is 12.4 Å². The quantitative estimate of drug-likeness (QED) is 0.853. The van der Waals surface area contributed by atoms with Crippen LogP contribution in [-0.2, 0) is 4.74 Å². The lowest BCUT2D eigenvalue weighted by Crippen LogP contribution is -2.37. The van der Waals surface area contributed by atoms with Crippen molar-refractivity contribution in [3.63, 3.8) is 0 Å². The Morgan fingerprint density at radius 3 is 3.16 bits per heavy atom. The average molecular weight is 264 g/mol. The average Bonchev–Trinajstić information content (AvgIpc) is 2.46. The second kappa shape index (κ2) is 7.28. The molecule has 1 aromatic rings. The van der Waals surface area contributed by atoms with Crippen LogP contribution in [0.1, 0.15) is 26.2 Å². The van der Waals surface area contributed by atoms with Crippen molar-refractivity contribution >= 4 is 11.6 Å². The molecule has 0 aromatic carbocycles. The van der Waals surface area contributed by atoms with E-state index in [4.69, 9.17) is 4.74 Å². The summed E-state index contributed by atoms with van der Waals surface area (Å²) in [6.45, 7) is 6.03. The topological polar surface area (TPSA) is 50.3 Å². The first-order chi connectivity index (χ1) is 9.33. The van der Waals surface area contributed by atoms with Crippen molar-refractivity contribution in [1.82, 2.24) is 9.97 Å². The molecular formula is C14H24N4O. The van der Waals surface area contributed by atoms with E-state index in [-0.39, 0.29) is 0 Å². The van der Waals surface area contributed by atoms with Gasteiger partial charge in [-0.3, -0.25) is 0 Å². The Morgan fingerprint density at radius 2 is 2.37 bits per heavy atom. The van der Waals surface area contributed by atoms with Gasteiger partial charge in [-0.25, -0.2) is 9.97 Å². The summed E-state index contributed by atoms with van der Waals surface area (Å²) in [5.74, 6) is 2.55. The van der Waals surface area contributed by atoms with Crippen LogP contribution < -0.4 is 10.2 Å². The Hall–Kier alpha value is -1.36. The van der Waals surface area contributed by atoms with Gasteiger partial charge in [0.2, 0.25) is 0 Å². The molecule has 19 heavy (non-hydrogen) atoms. The van der Waals surface area contributed by atoms with E-state index >= 15 is 0 Å². The number of nitrogens with zero attached hydrogens (tertiary/aromatic N) is 3. The highest BCUT2D eigenvalue weighted by Gasteiger charge is 2.21. The number of rotatable bonds is 6. The van der Waals surface area contributed by atoms with Crippen molar-refractivity contribution in [1.29, 1.82) is 0 Å². The van der Waals surface area contributed by atoms with Gasteiger partial charge in [0, 0.05) is 32.8 Å². The number of anilines is 2. The van der Waals surface area contributed by atoms with Crippen LogP contribution in [0.5, 0.6) is 0 Å². The largest absolute Gasteiger partial charge is 0.384 e. The van der Waals surface area contributed by atoms with Crippen LogP contribution in [0.4, 0.5) is 11.6 Å². The Labute approximate surface area is 115 Å². The number of aromatic nitrogens is 2. The zero-order valence-corrected chi connectivity index (χ0v) is 11.9. The minimum absolute atomic E-state index is 0.612. The summed E-state index contributed by atoms with van der Waals surface area (Å²) < 4.78 is 5.27. The van der Waals surface area contributed by atoms with E-state index < -0.39 is 0 Å². The molecule has 1 aromatic heterocycles. The lowest BCUT2D eigenvalue weighted by Gasteiger charge is -2.33. The van der Waals surface area contributed by atoms with Crippen LogP contribution in [0.3, 0.4) is 0 Å². The second-order valence-electron chi connectivity index (χ2n) is 5.10. The standard InChI is InChI=1S/C14H24N4O/c1-3-6-15-13-8-14(17-11-16-13)18-7-4-5-12(9-18)10-19-2/h8,11-12H,3-7,9-10H2,1-2H3,(H,15,16,17). The molecule has 1 saturated heterocycles. The predicted octanol–water partition coefficient (Wildman–Crippen LogP) is 2.16. The summed E-state index contributed by atoms with van der Waals surface area (Å²) in [6.07, 6.45) is 5.19. The molecule has 1 unspecified atom stereocenters. The molecule has 1 aliphatic heterocycles. The molecule has 1 N–H and O–H groups in total. The van der Waals surface area contributed by atoms with Crippen molar-refractivity contribution in [2.24, 2.45) is 5.92 Å². The van der Waals surface area contributed by atoms with Crippen molar-refractivity contribution in [3.8, 4) is 0 Å². The van der Waals surface area contributed by atoms with Crippen molar-refractivity contribution in [2.45, 2.75) is 26.2 Å². The summed E-state index contributed by atoms with van der Waals surface area (Å²) in [4.78, 5) is 11.0. The van der Waals surface area contributed by atoms with Gasteiger partial charge in [0.15, 0.2) is 0 Å². The summed E-state index contributed by atoms with van der Waals surface area (Å²) in [7, 11) is 1.77. The zero-order chi connectivity index (χ0) is 13.5. The van der Waals surface area contributed by atoms with Gasteiger partial charge < -0.3 is 15.0 Å². The maximum absolute atomic E-state index is 5.27. The molecule has 0 aliphatic carbocycles. The second-order valence-corrected chi connectivity index (χ2v) is 5.10. The van der Waals surface area contributed by atoms with E-state index in [0.29, 0.717) is 5.92 Å². The number of hydrogen-bond donors (Lipinski definition) is 1. The van der Waals surface area contributed by atoms with Gasteiger partial charge in [0.05, 0.1) is 6.61 Å². The number of hydrogen-bond acceptors (Lipinski definition) is 5. The predicted molar refractivity (Wildman–Crippen MR) is 77.6 cm³/mol. The summed E-state index contributed by atoms with van der Waals surface area (Å²) in [5, 5.41) is 3.31. The number of nitrogens with one attached hydrogen (secondary N) is 1. The number of ether oxygens (including phenoxy) is 1. The highest BCUT2D eigenvalue weighted by molar-refractivity contribution is 5.48. The van der Waals surface area contributed by atoms with Crippen LogP contribution in [0, 0.1) is 5.92 Å². The minimum atomic E-state index is 0.612. The number of methoxy groups -OCH3 is 1. The van der Waals surface area contributed by atoms with Crippen molar-refractivity contribution in [2.75, 3.05) is 43.6 Å². The van der Waals surface area contributed by atoms with E-state index in [9.17, 15) is 0 Å². The molecule has 0 saturated carbocycles. The molecule has 5 nitrogen and oxygen atoms in total. The van der Waals surface area contributed by atoms with Gasteiger partial charge in [0.1, 0.15) is 18.0 Å². The van der Waals surface area contributed by atoms with Gasteiger partial charge in [-0.15, -0.1) is 0 Å². The maximum Gasteiger partial charge on any atom is 0.134 e. The maximum atomic E-state index is 5.27. The smallest absolute Gasteiger partial charge is 0.134 e. The monoisotopic (exact) mass is 264 g/mol. The first-order valence-corrected chi connectivity index (χ1v) is 7.13. The van der Waals surface area contributed by atoms with Crippen LogP contribution >= 0.6 is 0 Å². The molecule has 5 heteroatoms. The summed E-state index contributed by atoms with van der Waals surface area (Å²) in [6, 6.07) is 2.05. The molecule has 1 atom stereocenters. The lowest BCUT2D eigenvalue weighted by molar-refractivity contribution is 0.143. The van der Waals surface area contributed by atoms with Crippen LogP contribution in [0.2, 0.25) is 0 Å². The molecule has 0 radical (unpaired) electrons.